The molecule has 10 heteroatoms. The number of amides is 1. The molecule has 0 aromatic heterocycles. The molecule has 2 fully saturated rings. The maximum Gasteiger partial charge on any atom is 0.264 e. The lowest BCUT2D eigenvalue weighted by atomic mass is 9.69. The van der Waals surface area contributed by atoms with E-state index in [1.807, 2.05) is 6.07 Å². The zero-order chi connectivity index (χ0) is 30.6. The van der Waals surface area contributed by atoms with Gasteiger partial charge in [0.05, 0.1) is 23.1 Å². The van der Waals surface area contributed by atoms with Crippen LogP contribution in [0, 0.1) is 23.7 Å². The molecule has 8 nitrogen and oxygen atoms in total. The minimum absolute atomic E-state index is 0.0589. The molecule has 2 heterocycles. The first kappa shape index (κ1) is 29.7. The number of carbonyl (C=O) groups excluding carboxylic acids is 1. The summed E-state index contributed by atoms with van der Waals surface area (Å²) in [7, 11) is -4.16. The number of anilines is 1. The number of nitrogens with two attached hydrogens (primary N) is 1. The van der Waals surface area contributed by atoms with E-state index in [0.717, 1.165) is 75.2 Å². The summed E-state index contributed by atoms with van der Waals surface area (Å²) in [6.45, 7) is 4.40. The number of hydrogen-bond acceptors (Lipinski definition) is 7. The summed E-state index contributed by atoms with van der Waals surface area (Å²) in [5, 5.41) is 0.744. The van der Waals surface area contributed by atoms with E-state index < -0.39 is 21.8 Å². The summed E-state index contributed by atoms with van der Waals surface area (Å²) in [5.74, 6) is 0.520. The molecule has 2 saturated carbocycles. The van der Waals surface area contributed by atoms with Crippen molar-refractivity contribution in [3.05, 3.63) is 64.3 Å². The monoisotopic (exact) mass is 636 g/mol. The number of aryl methyl sites for hydroxylation is 1. The lowest BCUT2D eigenvalue weighted by Crippen LogP contribution is -2.48. The molecule has 5 aliphatic rings. The summed E-state index contributed by atoms with van der Waals surface area (Å²) in [6.07, 6.45) is 9.67. The summed E-state index contributed by atoms with van der Waals surface area (Å²) in [5.41, 5.74) is 10.3. The third kappa shape index (κ3) is 5.62. The average molecular weight is 637 g/mol. The first-order valence-electron chi connectivity index (χ1n) is 16.0. The van der Waals surface area contributed by atoms with Gasteiger partial charge in [0.1, 0.15) is 5.75 Å². The van der Waals surface area contributed by atoms with Gasteiger partial charge in [-0.2, -0.15) is 0 Å². The maximum absolute atomic E-state index is 13.8. The number of aliphatic imine (C=N–C) groups is 1. The highest BCUT2D eigenvalue weighted by Crippen LogP contribution is 2.47. The first-order chi connectivity index (χ1) is 21.1. The number of hydrogen-bond donors (Lipinski definition) is 2. The molecule has 2 bridgehead atoms. The number of carbonyl (C=O) groups is 1. The number of halogens is 1. The van der Waals surface area contributed by atoms with Crippen molar-refractivity contribution in [1.82, 2.24) is 4.72 Å². The van der Waals surface area contributed by atoms with Crippen molar-refractivity contribution in [2.75, 3.05) is 31.1 Å². The van der Waals surface area contributed by atoms with Gasteiger partial charge >= 0.3 is 0 Å². The molecule has 0 radical (unpaired) electrons. The Kier molecular flexibility index (Phi) is 7.68. The molecule has 7 rings (SSSR count). The fraction of sp³-hybridized carbons (Fsp3) is 0.529. The fourth-order valence-corrected chi connectivity index (χ4v) is 9.12. The van der Waals surface area contributed by atoms with Gasteiger partial charge in [0.15, 0.2) is 0 Å². The Bertz CT molecular complexity index is 1650. The second-order valence-corrected chi connectivity index (χ2v) is 15.7. The Hall–Kier alpha value is -3.04. The van der Waals surface area contributed by atoms with Crippen LogP contribution in [0.3, 0.4) is 0 Å². The summed E-state index contributed by atoms with van der Waals surface area (Å²) in [6, 6.07) is 11.2. The van der Waals surface area contributed by atoms with Gasteiger partial charge in [0.2, 0.25) is 5.91 Å². The number of ether oxygens (including phenoxy) is 1. The quantitative estimate of drug-likeness (QED) is 0.458. The van der Waals surface area contributed by atoms with Gasteiger partial charge in [-0.15, -0.1) is 0 Å². The third-order valence-electron chi connectivity index (χ3n) is 10.4. The van der Waals surface area contributed by atoms with Gasteiger partial charge < -0.3 is 15.4 Å². The van der Waals surface area contributed by atoms with Crippen LogP contribution < -0.4 is 20.1 Å². The summed E-state index contributed by atoms with van der Waals surface area (Å²) in [4.78, 5) is 21.0. The van der Waals surface area contributed by atoms with Crippen molar-refractivity contribution in [1.29, 1.82) is 0 Å². The Morgan fingerprint density at radius 3 is 2.66 bits per heavy atom. The molecule has 234 valence electrons. The smallest absolute Gasteiger partial charge is 0.264 e. The van der Waals surface area contributed by atoms with E-state index in [4.69, 9.17) is 27.1 Å². The number of allylic oxidation sites excluding steroid dienone is 2. The summed E-state index contributed by atoms with van der Waals surface area (Å²) < 4.78 is 36.5. The molecule has 2 aromatic rings. The van der Waals surface area contributed by atoms with Crippen LogP contribution in [0.15, 0.2) is 58.1 Å². The van der Waals surface area contributed by atoms with E-state index in [9.17, 15) is 13.2 Å². The minimum atomic E-state index is -4.16. The van der Waals surface area contributed by atoms with Crippen LogP contribution in [0.1, 0.15) is 63.0 Å². The van der Waals surface area contributed by atoms with Gasteiger partial charge in [-0.05, 0) is 124 Å². The van der Waals surface area contributed by atoms with Gasteiger partial charge in [0, 0.05) is 41.5 Å². The molecule has 1 unspecified atom stereocenters. The van der Waals surface area contributed by atoms with Crippen LogP contribution in [-0.4, -0.2) is 46.3 Å². The highest BCUT2D eigenvalue weighted by Gasteiger charge is 2.44. The van der Waals surface area contributed by atoms with E-state index >= 15 is 0 Å². The lowest BCUT2D eigenvalue weighted by molar-refractivity contribution is -0.121. The van der Waals surface area contributed by atoms with Crippen LogP contribution >= 0.6 is 11.6 Å². The van der Waals surface area contributed by atoms with Gasteiger partial charge in [-0.25, -0.2) is 13.1 Å². The highest BCUT2D eigenvalue weighted by molar-refractivity contribution is 7.90. The van der Waals surface area contributed by atoms with Crippen molar-refractivity contribution < 1.29 is 17.9 Å². The summed E-state index contributed by atoms with van der Waals surface area (Å²) >= 11 is 6.41. The molecule has 3 N–H and O–H groups in total. The van der Waals surface area contributed by atoms with Crippen LogP contribution in [0.2, 0.25) is 5.02 Å². The zero-order valence-corrected chi connectivity index (χ0v) is 26.8. The second-order valence-electron chi connectivity index (χ2n) is 13.6. The van der Waals surface area contributed by atoms with Crippen molar-refractivity contribution in [2.45, 2.75) is 68.6 Å². The van der Waals surface area contributed by atoms with E-state index in [0.29, 0.717) is 42.1 Å². The molecule has 2 aromatic carbocycles. The van der Waals surface area contributed by atoms with Crippen LogP contribution in [0.25, 0.3) is 0 Å². The number of nitrogens with zero attached hydrogens (tertiary/aromatic N) is 2. The van der Waals surface area contributed by atoms with Gasteiger partial charge in [-0.1, -0.05) is 17.7 Å². The molecule has 2 aliphatic heterocycles. The minimum Gasteiger partial charge on any atom is -0.490 e. The first-order valence-corrected chi connectivity index (χ1v) is 17.8. The van der Waals surface area contributed by atoms with Gasteiger partial charge in [0.25, 0.3) is 10.0 Å². The third-order valence-corrected chi connectivity index (χ3v) is 12.0. The zero-order valence-electron chi connectivity index (χ0n) is 25.2. The lowest BCUT2D eigenvalue weighted by Gasteiger charge is -2.44. The Morgan fingerprint density at radius 1 is 1.11 bits per heavy atom. The number of sulfonamides is 1. The molecule has 3 aliphatic carbocycles. The predicted molar refractivity (Wildman–Crippen MR) is 173 cm³/mol. The Morgan fingerprint density at radius 2 is 1.91 bits per heavy atom. The van der Waals surface area contributed by atoms with Crippen molar-refractivity contribution in [3.63, 3.8) is 0 Å². The van der Waals surface area contributed by atoms with Gasteiger partial charge in [-0.3, -0.25) is 9.79 Å². The van der Waals surface area contributed by atoms with Crippen molar-refractivity contribution in [2.24, 2.45) is 34.4 Å². The van der Waals surface area contributed by atoms with Crippen molar-refractivity contribution in [3.8, 4) is 5.75 Å². The van der Waals surface area contributed by atoms with E-state index in [2.05, 4.69) is 21.8 Å². The largest absolute Gasteiger partial charge is 0.490 e. The standard InChI is InChI=1S/C34H41ClN4O4S/c1-21(36)15-29-32(23-5-6-23)33(40)38-44(41,42)27-9-11-31-30(17-27)39(18-25-7-4-22(25)12-14-37-29)19-34(20-43-31)13-2-3-24-16-26(35)8-10-28(24)34/h8-11,15-17,22-23,25,32H,2-7,12-14,18-20,36H2,1H3,(H,38,40)/b21-15-,37-29?/t22-,25-,32?,34-/m0/s1. The highest BCUT2D eigenvalue weighted by atomic mass is 35.5. The topological polar surface area (TPSA) is 114 Å². The van der Waals surface area contributed by atoms with Crippen LogP contribution in [0.5, 0.6) is 5.75 Å². The second kappa shape index (κ2) is 11.4. The average Bonchev–Trinajstić information content (AvgIpc) is 3.80. The SMILES string of the molecule is C/C(N)=C/C1=NCC[C@@H]2CC[C@H]2CN2C[C@@]3(CCCc4cc(Cl)ccc43)COc3ccc(cc32)S(=O)(=O)NC(=O)C1C1CC1. The van der Waals surface area contributed by atoms with Crippen LogP contribution in [-0.2, 0) is 26.7 Å². The maximum atomic E-state index is 13.8. The number of fused-ring (bicyclic) bond motifs is 4. The fourth-order valence-electron chi connectivity index (χ4n) is 7.90. The number of nitrogens with one attached hydrogen (secondary N) is 1. The number of benzene rings is 2. The normalized spacial score (nSPS) is 30.3. The Balaban J connectivity index is 1.30. The molecule has 0 saturated heterocycles. The molecule has 44 heavy (non-hydrogen) atoms. The van der Waals surface area contributed by atoms with Crippen molar-refractivity contribution >= 4 is 38.9 Å². The number of rotatable bonds is 2. The molecule has 1 spiro atoms. The van der Waals surface area contributed by atoms with E-state index in [-0.39, 0.29) is 16.2 Å². The predicted octanol–water partition coefficient (Wildman–Crippen LogP) is 5.38. The van der Waals surface area contributed by atoms with Crippen LogP contribution in [0.4, 0.5) is 5.69 Å². The molecule has 1 amide bonds. The molecular formula is C34H41ClN4O4S. The van der Waals surface area contributed by atoms with E-state index in [1.54, 1.807) is 31.2 Å². The Labute approximate surface area is 265 Å². The molecular weight excluding hydrogens is 596 g/mol. The van der Waals surface area contributed by atoms with E-state index in [1.165, 1.54) is 11.1 Å². The molecule has 4 atom stereocenters.